The summed E-state index contributed by atoms with van der Waals surface area (Å²) in [4.78, 5) is 18.4. The van der Waals surface area contributed by atoms with Gasteiger partial charge in [0.05, 0.1) is 29.5 Å². The molecule has 2 N–H and O–H groups in total. The van der Waals surface area contributed by atoms with Crippen molar-refractivity contribution in [3.63, 3.8) is 0 Å². The number of nitrogens with one attached hydrogen (secondary N) is 1. The van der Waals surface area contributed by atoms with Gasteiger partial charge in [-0.25, -0.2) is 9.37 Å². The maximum absolute atomic E-state index is 15.0. The molecule has 2 bridgehead atoms. The van der Waals surface area contributed by atoms with Crippen LogP contribution in [0.25, 0.3) is 22.4 Å². The summed E-state index contributed by atoms with van der Waals surface area (Å²) in [5.41, 5.74) is 0.889. The smallest absolute Gasteiger partial charge is 0.195 e. The normalized spacial score (nSPS) is 25.5. The summed E-state index contributed by atoms with van der Waals surface area (Å²) in [6.07, 6.45) is 5.60. The first-order chi connectivity index (χ1) is 14.9. The number of aryl methyl sites for hydroxylation is 1. The molecular formula is C22H24FN5O3. The molecule has 2 saturated heterocycles. The van der Waals surface area contributed by atoms with Gasteiger partial charge < -0.3 is 19.7 Å². The van der Waals surface area contributed by atoms with E-state index in [0.717, 1.165) is 19.3 Å². The maximum Gasteiger partial charge on any atom is 0.195 e. The number of fused-ring (bicyclic) bond motifs is 3. The Kier molecular flexibility index (Phi) is 4.85. The van der Waals surface area contributed by atoms with Crippen LogP contribution in [0.1, 0.15) is 31.2 Å². The van der Waals surface area contributed by atoms with Crippen molar-refractivity contribution in [2.45, 2.75) is 56.9 Å². The maximum atomic E-state index is 15.0. The summed E-state index contributed by atoms with van der Waals surface area (Å²) >= 11 is 0. The van der Waals surface area contributed by atoms with Crippen molar-refractivity contribution >= 4 is 16.8 Å². The Balaban J connectivity index is 1.43. The number of hydrogen-bond acceptors (Lipinski definition) is 8. The molecule has 4 atom stereocenters. The van der Waals surface area contributed by atoms with Crippen LogP contribution in [0.15, 0.2) is 33.8 Å². The lowest BCUT2D eigenvalue weighted by molar-refractivity contribution is 0.107. The summed E-state index contributed by atoms with van der Waals surface area (Å²) in [6.45, 7) is 1.65. The van der Waals surface area contributed by atoms with E-state index in [4.69, 9.17) is 4.42 Å². The van der Waals surface area contributed by atoms with Gasteiger partial charge in [-0.15, -0.1) is 10.2 Å². The van der Waals surface area contributed by atoms with Crippen molar-refractivity contribution in [3.05, 3.63) is 40.4 Å². The fraction of sp³-hybridized carbons (Fsp3) is 0.455. The predicted molar refractivity (Wildman–Crippen MR) is 114 cm³/mol. The third kappa shape index (κ3) is 3.42. The SMILES string of the molecule is Cc1coc2cc(-c3ncc(N(C)[C@H]4CC5CCCC(N5)[C@H]4F)nn3)c(O)cc2c1=O. The Bertz CT molecular complexity index is 1180. The first-order valence-electron chi connectivity index (χ1n) is 10.5. The van der Waals surface area contributed by atoms with Gasteiger partial charge in [-0.2, -0.15) is 0 Å². The number of phenols is 1. The second-order valence-electron chi connectivity index (χ2n) is 8.51. The van der Waals surface area contributed by atoms with Gasteiger partial charge in [0.25, 0.3) is 0 Å². The van der Waals surface area contributed by atoms with Gasteiger partial charge in [0.2, 0.25) is 0 Å². The molecule has 3 aromatic rings. The lowest BCUT2D eigenvalue weighted by Gasteiger charge is -2.45. The second kappa shape index (κ2) is 7.56. The Morgan fingerprint density at radius 2 is 2.13 bits per heavy atom. The highest BCUT2D eigenvalue weighted by molar-refractivity contribution is 5.85. The summed E-state index contributed by atoms with van der Waals surface area (Å²) in [6, 6.07) is 2.80. The van der Waals surface area contributed by atoms with Crippen molar-refractivity contribution < 1.29 is 13.9 Å². The molecule has 0 spiro atoms. The highest BCUT2D eigenvalue weighted by atomic mass is 19.1. The summed E-state index contributed by atoms with van der Waals surface area (Å²) in [5.74, 6) is 0.529. The quantitative estimate of drug-likeness (QED) is 0.660. The lowest BCUT2D eigenvalue weighted by atomic mass is 9.82. The van der Waals surface area contributed by atoms with Crippen molar-refractivity contribution in [2.75, 3.05) is 11.9 Å². The van der Waals surface area contributed by atoms with E-state index in [-0.39, 0.29) is 34.5 Å². The average Bonchev–Trinajstić information content (AvgIpc) is 2.79. The average molecular weight is 425 g/mol. The zero-order valence-electron chi connectivity index (χ0n) is 17.4. The number of hydrogen-bond donors (Lipinski definition) is 2. The van der Waals surface area contributed by atoms with Gasteiger partial charge in [-0.1, -0.05) is 6.42 Å². The zero-order chi connectivity index (χ0) is 21.7. The van der Waals surface area contributed by atoms with Crippen molar-refractivity contribution in [2.24, 2.45) is 0 Å². The molecule has 1 aromatic carbocycles. The van der Waals surface area contributed by atoms with E-state index in [1.165, 1.54) is 24.6 Å². The van der Waals surface area contributed by atoms with Crippen LogP contribution in [0.4, 0.5) is 10.2 Å². The van der Waals surface area contributed by atoms with Gasteiger partial charge >= 0.3 is 0 Å². The van der Waals surface area contributed by atoms with Crippen LogP contribution in [0, 0.1) is 6.92 Å². The third-order valence-corrected chi connectivity index (χ3v) is 6.51. The lowest BCUT2D eigenvalue weighted by Crippen LogP contribution is -2.61. The fourth-order valence-electron chi connectivity index (χ4n) is 4.72. The van der Waals surface area contributed by atoms with Crippen LogP contribution in [0.2, 0.25) is 0 Å². The molecule has 5 rings (SSSR count). The van der Waals surface area contributed by atoms with Crippen LogP contribution in [0.5, 0.6) is 5.75 Å². The molecule has 162 valence electrons. The first kappa shape index (κ1) is 19.9. The third-order valence-electron chi connectivity index (χ3n) is 6.51. The minimum absolute atomic E-state index is 0.118. The molecule has 2 aliphatic heterocycles. The zero-order valence-corrected chi connectivity index (χ0v) is 17.4. The number of nitrogens with zero attached hydrogens (tertiary/aromatic N) is 4. The molecule has 0 saturated carbocycles. The summed E-state index contributed by atoms with van der Waals surface area (Å²) in [7, 11) is 1.81. The number of anilines is 1. The fourth-order valence-corrected chi connectivity index (χ4v) is 4.72. The Morgan fingerprint density at radius 3 is 2.90 bits per heavy atom. The topological polar surface area (TPSA) is 104 Å². The molecule has 0 aliphatic carbocycles. The molecule has 2 aromatic heterocycles. The van der Waals surface area contributed by atoms with E-state index >= 15 is 4.39 Å². The highest BCUT2D eigenvalue weighted by Crippen LogP contribution is 2.33. The van der Waals surface area contributed by atoms with Crippen LogP contribution >= 0.6 is 0 Å². The number of phenolic OH excluding ortho intramolecular Hbond substituents is 1. The molecule has 9 heteroatoms. The summed E-state index contributed by atoms with van der Waals surface area (Å²) < 4.78 is 20.5. The standard InChI is InChI=1S/C22H24FN5O3/c1-11-10-31-18-8-13(17(29)7-14(18)21(11)30)22-24-9-19(26-27-22)28(2)16-6-12-4-3-5-15(25-12)20(16)23/h7-10,12,15-16,20,25,29H,3-6H2,1-2H3/t12?,15?,16-,20+/m0/s1. The van der Waals surface area contributed by atoms with Gasteiger partial charge in [0, 0.05) is 24.7 Å². The van der Waals surface area contributed by atoms with Gasteiger partial charge in [0.15, 0.2) is 17.1 Å². The van der Waals surface area contributed by atoms with Crippen molar-refractivity contribution in [3.8, 4) is 17.1 Å². The monoisotopic (exact) mass is 425 g/mol. The number of piperidine rings is 2. The van der Waals surface area contributed by atoms with E-state index in [2.05, 4.69) is 20.5 Å². The van der Waals surface area contributed by atoms with Gasteiger partial charge in [-0.05, 0) is 38.3 Å². The number of rotatable bonds is 3. The predicted octanol–water partition coefficient (Wildman–Crippen LogP) is 2.72. The molecule has 2 fully saturated rings. The van der Waals surface area contributed by atoms with Crippen molar-refractivity contribution in [1.29, 1.82) is 0 Å². The van der Waals surface area contributed by atoms with Crippen LogP contribution in [0.3, 0.4) is 0 Å². The van der Waals surface area contributed by atoms with E-state index in [1.54, 1.807) is 6.92 Å². The minimum atomic E-state index is -0.987. The number of aromatic nitrogens is 3. The molecule has 0 amide bonds. The van der Waals surface area contributed by atoms with Crippen LogP contribution in [-0.2, 0) is 0 Å². The highest BCUT2D eigenvalue weighted by Gasteiger charge is 2.42. The van der Waals surface area contributed by atoms with Crippen LogP contribution < -0.4 is 15.6 Å². The Labute approximate surface area is 178 Å². The number of halogens is 1. The van der Waals surface area contributed by atoms with E-state index in [0.29, 0.717) is 35.0 Å². The van der Waals surface area contributed by atoms with E-state index in [9.17, 15) is 9.90 Å². The van der Waals surface area contributed by atoms with Gasteiger partial charge in [0.1, 0.15) is 17.5 Å². The molecular weight excluding hydrogens is 401 g/mol. The number of aromatic hydroxyl groups is 1. The molecule has 2 unspecified atom stereocenters. The van der Waals surface area contributed by atoms with Gasteiger partial charge in [-0.3, -0.25) is 4.79 Å². The molecule has 0 radical (unpaired) electrons. The summed E-state index contributed by atoms with van der Waals surface area (Å²) in [5, 5.41) is 22.5. The Morgan fingerprint density at radius 1 is 1.29 bits per heavy atom. The number of benzene rings is 1. The molecule has 2 aliphatic rings. The molecule has 31 heavy (non-hydrogen) atoms. The van der Waals surface area contributed by atoms with Crippen LogP contribution in [-0.4, -0.2) is 51.6 Å². The number of alkyl halides is 1. The molecule has 8 nitrogen and oxygen atoms in total. The second-order valence-corrected chi connectivity index (χ2v) is 8.51. The largest absolute Gasteiger partial charge is 0.507 e. The van der Waals surface area contributed by atoms with Crippen molar-refractivity contribution in [1.82, 2.24) is 20.5 Å². The first-order valence-corrected chi connectivity index (χ1v) is 10.5. The van der Waals surface area contributed by atoms with E-state index in [1.807, 2.05) is 11.9 Å². The Hall–Kier alpha value is -3.07. The molecule has 4 heterocycles. The minimum Gasteiger partial charge on any atom is -0.507 e. The van der Waals surface area contributed by atoms with E-state index < -0.39 is 6.17 Å².